The van der Waals surface area contributed by atoms with E-state index in [4.69, 9.17) is 14.2 Å². The van der Waals surface area contributed by atoms with Crippen LogP contribution in [0.25, 0.3) is 0 Å². The van der Waals surface area contributed by atoms with Gasteiger partial charge in [0.2, 0.25) is 0 Å². The summed E-state index contributed by atoms with van der Waals surface area (Å²) in [5, 5.41) is 0. The van der Waals surface area contributed by atoms with Gasteiger partial charge in [0.1, 0.15) is 0 Å². The molecule has 1 aliphatic heterocycles. The van der Waals surface area contributed by atoms with Crippen molar-refractivity contribution in [1.82, 2.24) is 0 Å². The molecule has 0 N–H and O–H groups in total. The predicted octanol–water partition coefficient (Wildman–Crippen LogP) is 1.66. The maximum absolute atomic E-state index is 11.6. The van der Waals surface area contributed by atoms with Gasteiger partial charge in [-0.1, -0.05) is 0 Å². The van der Waals surface area contributed by atoms with Gasteiger partial charge in [0.15, 0.2) is 5.79 Å². The summed E-state index contributed by atoms with van der Waals surface area (Å²) >= 11 is 4.36. The van der Waals surface area contributed by atoms with Crippen LogP contribution >= 0.6 is 12.6 Å². The number of esters is 1. The smallest absolute Gasteiger partial charge is 0.334 e. The first-order valence-electron chi connectivity index (χ1n) is 5.53. The van der Waals surface area contributed by atoms with Crippen molar-refractivity contribution in [1.29, 1.82) is 0 Å². The second kappa shape index (κ2) is 4.77. The minimum absolute atomic E-state index is 0.264. The van der Waals surface area contributed by atoms with E-state index in [1.807, 2.05) is 0 Å². The van der Waals surface area contributed by atoms with E-state index in [-0.39, 0.29) is 5.97 Å². The molecule has 5 heteroatoms. The quantitative estimate of drug-likeness (QED) is 0.592. The molecule has 1 aliphatic carbocycles. The van der Waals surface area contributed by atoms with Gasteiger partial charge >= 0.3 is 5.97 Å². The van der Waals surface area contributed by atoms with Crippen LogP contribution in [-0.2, 0) is 19.0 Å². The Kier molecular flexibility index (Phi) is 3.56. The lowest BCUT2D eigenvalue weighted by atomic mass is 9.93. The lowest BCUT2D eigenvalue weighted by Crippen LogP contribution is -2.34. The van der Waals surface area contributed by atoms with Crippen molar-refractivity contribution in [3.05, 3.63) is 10.5 Å². The molecule has 1 fully saturated rings. The van der Waals surface area contributed by atoms with Crippen LogP contribution in [0, 0.1) is 0 Å². The summed E-state index contributed by atoms with van der Waals surface area (Å²) in [6, 6.07) is 0. The Bertz CT molecular complexity index is 318. The maximum atomic E-state index is 11.6. The molecule has 0 aromatic rings. The van der Waals surface area contributed by atoms with E-state index < -0.39 is 5.79 Å². The Balaban J connectivity index is 2.09. The average molecular weight is 244 g/mol. The summed E-state index contributed by atoms with van der Waals surface area (Å²) in [4.78, 5) is 12.3. The number of carbonyl (C=O) groups is 1. The Morgan fingerprint density at radius 2 is 2.19 bits per heavy atom. The molecule has 0 radical (unpaired) electrons. The minimum atomic E-state index is -0.535. The van der Waals surface area contributed by atoms with Crippen molar-refractivity contribution >= 4 is 18.6 Å². The van der Waals surface area contributed by atoms with Crippen LogP contribution < -0.4 is 0 Å². The highest BCUT2D eigenvalue weighted by Crippen LogP contribution is 2.40. The van der Waals surface area contributed by atoms with E-state index in [1.165, 1.54) is 0 Å². The number of hydrogen-bond acceptors (Lipinski definition) is 5. The highest BCUT2D eigenvalue weighted by molar-refractivity contribution is 7.84. The average Bonchev–Trinajstić information content (AvgIpc) is 2.66. The fourth-order valence-electron chi connectivity index (χ4n) is 2.09. The van der Waals surface area contributed by atoms with Crippen molar-refractivity contribution in [2.75, 3.05) is 19.8 Å². The molecule has 0 aromatic carbocycles. The topological polar surface area (TPSA) is 44.8 Å². The van der Waals surface area contributed by atoms with Gasteiger partial charge in [-0.25, -0.2) is 4.79 Å². The number of ether oxygens (including phenoxy) is 3. The van der Waals surface area contributed by atoms with Gasteiger partial charge in [-0.15, -0.1) is 12.6 Å². The minimum Gasteiger partial charge on any atom is -0.463 e. The summed E-state index contributed by atoms with van der Waals surface area (Å²) in [6.45, 7) is 3.43. The van der Waals surface area contributed by atoms with Gasteiger partial charge in [-0.2, -0.15) is 0 Å². The summed E-state index contributed by atoms with van der Waals surface area (Å²) in [7, 11) is 0. The van der Waals surface area contributed by atoms with Crippen LogP contribution in [0.5, 0.6) is 0 Å². The largest absolute Gasteiger partial charge is 0.463 e. The van der Waals surface area contributed by atoms with Crippen LogP contribution in [-0.4, -0.2) is 31.6 Å². The number of thiol groups is 1. The van der Waals surface area contributed by atoms with Crippen LogP contribution in [0.1, 0.15) is 26.2 Å². The zero-order valence-corrected chi connectivity index (χ0v) is 10.2. The third-order valence-electron chi connectivity index (χ3n) is 2.88. The number of rotatable bonds is 2. The van der Waals surface area contributed by atoms with Crippen LogP contribution in [0.3, 0.4) is 0 Å². The predicted molar refractivity (Wildman–Crippen MR) is 61.1 cm³/mol. The van der Waals surface area contributed by atoms with Crippen molar-refractivity contribution in [2.45, 2.75) is 32.0 Å². The zero-order valence-electron chi connectivity index (χ0n) is 9.32. The standard InChI is InChI=1S/C11H16O4S/c1-2-13-10(12)8-3-4-11(7-9(8)16)14-5-6-15-11/h16H,2-7H2,1H3. The molecule has 4 nitrogen and oxygen atoms in total. The number of carbonyl (C=O) groups excluding carboxylic acids is 1. The van der Waals surface area contributed by atoms with Crippen molar-refractivity contribution < 1.29 is 19.0 Å². The second-order valence-corrected chi connectivity index (χ2v) is 4.47. The molecule has 0 amide bonds. The SMILES string of the molecule is CCOC(=O)C1=C(S)CC2(CC1)OCCO2. The zero-order chi connectivity index (χ0) is 11.6. The number of hydrogen-bond donors (Lipinski definition) is 1. The molecule has 1 heterocycles. The van der Waals surface area contributed by atoms with Crippen LogP contribution in [0.4, 0.5) is 0 Å². The monoisotopic (exact) mass is 244 g/mol. The van der Waals surface area contributed by atoms with E-state index in [2.05, 4.69) is 12.6 Å². The lowest BCUT2D eigenvalue weighted by molar-refractivity contribution is -0.163. The summed E-state index contributed by atoms with van der Waals surface area (Å²) in [6.07, 6.45) is 1.85. The second-order valence-electron chi connectivity index (χ2n) is 3.93. The van der Waals surface area contributed by atoms with E-state index in [9.17, 15) is 4.79 Å². The highest BCUT2D eigenvalue weighted by Gasteiger charge is 2.41. The molecule has 2 rings (SSSR count). The summed E-state index contributed by atoms with van der Waals surface area (Å²) in [5.74, 6) is -0.798. The fourth-order valence-corrected chi connectivity index (χ4v) is 2.54. The van der Waals surface area contributed by atoms with Gasteiger partial charge in [-0.3, -0.25) is 0 Å². The first-order valence-corrected chi connectivity index (χ1v) is 5.97. The van der Waals surface area contributed by atoms with E-state index in [1.54, 1.807) is 6.92 Å². The Labute approximate surface area is 100 Å². The van der Waals surface area contributed by atoms with Gasteiger partial charge in [0, 0.05) is 18.4 Å². The Hall–Kier alpha value is -0.520. The molecule has 16 heavy (non-hydrogen) atoms. The van der Waals surface area contributed by atoms with Crippen molar-refractivity contribution in [3.63, 3.8) is 0 Å². The molecule has 0 aromatic heterocycles. The first-order chi connectivity index (χ1) is 7.67. The van der Waals surface area contributed by atoms with Gasteiger partial charge in [0.05, 0.1) is 19.8 Å². The molecule has 1 spiro atoms. The first kappa shape index (κ1) is 12.0. The van der Waals surface area contributed by atoms with Crippen molar-refractivity contribution in [2.24, 2.45) is 0 Å². The van der Waals surface area contributed by atoms with Gasteiger partial charge < -0.3 is 14.2 Å². The van der Waals surface area contributed by atoms with E-state index >= 15 is 0 Å². The molecule has 0 saturated carbocycles. The summed E-state index contributed by atoms with van der Waals surface area (Å²) in [5.41, 5.74) is 0.662. The molecule has 2 aliphatic rings. The van der Waals surface area contributed by atoms with Gasteiger partial charge in [0.25, 0.3) is 0 Å². The molecule has 1 saturated heterocycles. The Morgan fingerprint density at radius 3 is 2.75 bits per heavy atom. The van der Waals surface area contributed by atoms with Gasteiger partial charge in [-0.05, 0) is 18.2 Å². The molecular weight excluding hydrogens is 228 g/mol. The van der Waals surface area contributed by atoms with Crippen LogP contribution in [0.15, 0.2) is 10.5 Å². The third-order valence-corrected chi connectivity index (χ3v) is 3.30. The van der Waals surface area contributed by atoms with E-state index in [0.29, 0.717) is 44.7 Å². The molecule has 0 unspecified atom stereocenters. The molecular formula is C11H16O4S. The highest BCUT2D eigenvalue weighted by atomic mass is 32.1. The van der Waals surface area contributed by atoms with E-state index in [0.717, 1.165) is 4.91 Å². The molecule has 0 atom stereocenters. The van der Waals surface area contributed by atoms with Crippen molar-refractivity contribution in [3.8, 4) is 0 Å². The Morgan fingerprint density at radius 1 is 1.50 bits per heavy atom. The normalized spacial score (nSPS) is 23.9. The molecule has 0 bridgehead atoms. The maximum Gasteiger partial charge on any atom is 0.334 e. The third kappa shape index (κ3) is 2.26. The summed E-state index contributed by atoms with van der Waals surface area (Å²) < 4.78 is 16.1. The fraction of sp³-hybridized carbons (Fsp3) is 0.727. The lowest BCUT2D eigenvalue weighted by Gasteiger charge is -2.32. The van der Waals surface area contributed by atoms with Crippen LogP contribution in [0.2, 0.25) is 0 Å². The molecule has 90 valence electrons.